The molecule has 0 bridgehead atoms. The number of nitrogens with one attached hydrogen (secondary N) is 1. The molecule has 0 saturated carbocycles. The first kappa shape index (κ1) is 21.8. The molecule has 1 fully saturated rings. The molecule has 8 nitrogen and oxygen atoms in total. The van der Waals surface area contributed by atoms with Crippen molar-refractivity contribution >= 4 is 17.6 Å². The minimum absolute atomic E-state index is 0.0391. The molecule has 166 valence electrons. The van der Waals surface area contributed by atoms with Crippen molar-refractivity contribution in [1.82, 2.24) is 15.2 Å². The van der Waals surface area contributed by atoms with E-state index in [-0.39, 0.29) is 6.54 Å². The van der Waals surface area contributed by atoms with Crippen LogP contribution in [0.5, 0.6) is 0 Å². The summed E-state index contributed by atoms with van der Waals surface area (Å²) in [6.45, 7) is 3.30. The highest BCUT2D eigenvalue weighted by Crippen LogP contribution is 2.37. The van der Waals surface area contributed by atoms with E-state index >= 15 is 0 Å². The van der Waals surface area contributed by atoms with Crippen LogP contribution in [0.2, 0.25) is 0 Å². The SMILES string of the molecule is C[C@H](O)CNC(=O)C(=O)N1CCN(c2nc(-c3ccccc3)c3c(c2C#N)CCC3)CC1. The summed E-state index contributed by atoms with van der Waals surface area (Å²) in [7, 11) is 0. The number of carbonyl (C=O) groups is 2. The summed E-state index contributed by atoms with van der Waals surface area (Å²) >= 11 is 0. The fraction of sp³-hybridized carbons (Fsp3) is 0.417. The summed E-state index contributed by atoms with van der Waals surface area (Å²) in [6, 6.07) is 12.4. The summed E-state index contributed by atoms with van der Waals surface area (Å²) in [6.07, 6.45) is 2.09. The van der Waals surface area contributed by atoms with E-state index in [4.69, 9.17) is 4.98 Å². The average Bonchev–Trinajstić information content (AvgIpc) is 3.31. The van der Waals surface area contributed by atoms with Crippen molar-refractivity contribution in [3.63, 3.8) is 0 Å². The second-order valence-corrected chi connectivity index (χ2v) is 8.29. The number of nitriles is 1. The zero-order chi connectivity index (χ0) is 22.7. The van der Waals surface area contributed by atoms with Gasteiger partial charge in [-0.2, -0.15) is 5.26 Å². The van der Waals surface area contributed by atoms with Crippen LogP contribution < -0.4 is 10.2 Å². The smallest absolute Gasteiger partial charge is 0.312 e. The highest BCUT2D eigenvalue weighted by Gasteiger charge is 2.30. The van der Waals surface area contributed by atoms with Crippen molar-refractivity contribution in [2.45, 2.75) is 32.3 Å². The Hall–Kier alpha value is -3.44. The first-order chi connectivity index (χ1) is 15.5. The van der Waals surface area contributed by atoms with Gasteiger partial charge in [-0.3, -0.25) is 9.59 Å². The third-order valence-corrected chi connectivity index (χ3v) is 6.02. The number of hydrogen-bond acceptors (Lipinski definition) is 6. The zero-order valence-electron chi connectivity index (χ0n) is 18.2. The summed E-state index contributed by atoms with van der Waals surface area (Å²) in [5, 5.41) is 21.7. The number of aliphatic hydroxyl groups is 1. The number of carbonyl (C=O) groups excluding carboxylic acids is 2. The van der Waals surface area contributed by atoms with E-state index in [9.17, 15) is 20.0 Å². The molecule has 32 heavy (non-hydrogen) atoms. The first-order valence-corrected chi connectivity index (χ1v) is 11.0. The van der Waals surface area contributed by atoms with Crippen molar-refractivity contribution in [3.8, 4) is 17.3 Å². The van der Waals surface area contributed by atoms with Crippen molar-refractivity contribution < 1.29 is 14.7 Å². The predicted octanol–water partition coefficient (Wildman–Crippen LogP) is 1.25. The molecule has 2 heterocycles. The van der Waals surface area contributed by atoms with Gasteiger partial charge < -0.3 is 20.2 Å². The third-order valence-electron chi connectivity index (χ3n) is 6.02. The number of aromatic nitrogens is 1. The van der Waals surface area contributed by atoms with Gasteiger partial charge in [0.15, 0.2) is 0 Å². The number of hydrogen-bond donors (Lipinski definition) is 2. The Bertz CT molecular complexity index is 1050. The number of rotatable bonds is 4. The number of piperazine rings is 1. The number of benzene rings is 1. The van der Waals surface area contributed by atoms with Crippen LogP contribution in [0.25, 0.3) is 11.3 Å². The lowest BCUT2D eigenvalue weighted by atomic mass is 9.98. The van der Waals surface area contributed by atoms with E-state index in [1.165, 1.54) is 10.5 Å². The summed E-state index contributed by atoms with van der Waals surface area (Å²) < 4.78 is 0. The molecule has 2 N–H and O–H groups in total. The first-order valence-electron chi connectivity index (χ1n) is 11.0. The van der Waals surface area contributed by atoms with Gasteiger partial charge in [0.1, 0.15) is 11.9 Å². The molecule has 2 aromatic rings. The number of fused-ring (bicyclic) bond motifs is 1. The number of nitrogens with zero attached hydrogens (tertiary/aromatic N) is 4. The molecule has 1 aliphatic carbocycles. The number of aliphatic hydroxyl groups excluding tert-OH is 1. The Balaban J connectivity index is 1.56. The van der Waals surface area contributed by atoms with Gasteiger partial charge in [-0.1, -0.05) is 30.3 Å². The van der Waals surface area contributed by atoms with E-state index in [2.05, 4.69) is 11.4 Å². The quantitative estimate of drug-likeness (QED) is 0.703. The van der Waals surface area contributed by atoms with Crippen LogP contribution in [0.4, 0.5) is 5.82 Å². The highest BCUT2D eigenvalue weighted by molar-refractivity contribution is 6.35. The van der Waals surface area contributed by atoms with Gasteiger partial charge in [0, 0.05) is 38.3 Å². The van der Waals surface area contributed by atoms with E-state index in [1.54, 1.807) is 6.92 Å². The van der Waals surface area contributed by atoms with Crippen LogP contribution in [0.1, 0.15) is 30.0 Å². The van der Waals surface area contributed by atoms with E-state index < -0.39 is 17.9 Å². The van der Waals surface area contributed by atoms with E-state index in [1.807, 2.05) is 35.2 Å². The van der Waals surface area contributed by atoms with Gasteiger partial charge >= 0.3 is 11.8 Å². The van der Waals surface area contributed by atoms with Crippen LogP contribution >= 0.6 is 0 Å². The fourth-order valence-electron chi connectivity index (χ4n) is 4.41. The minimum atomic E-state index is -0.710. The lowest BCUT2D eigenvalue weighted by Gasteiger charge is -2.36. The van der Waals surface area contributed by atoms with Crippen LogP contribution in [-0.4, -0.2) is 65.6 Å². The van der Waals surface area contributed by atoms with Gasteiger partial charge in [0.2, 0.25) is 0 Å². The molecule has 4 rings (SSSR count). The molecular formula is C24H27N5O3. The molecular weight excluding hydrogens is 406 g/mol. The number of amides is 2. The van der Waals surface area contributed by atoms with E-state index in [0.29, 0.717) is 37.6 Å². The van der Waals surface area contributed by atoms with Crippen molar-refractivity contribution in [2.24, 2.45) is 0 Å². The summed E-state index contributed by atoms with van der Waals surface area (Å²) in [5.74, 6) is -0.644. The molecule has 1 saturated heterocycles. The zero-order valence-corrected chi connectivity index (χ0v) is 18.2. The summed E-state index contributed by atoms with van der Waals surface area (Å²) in [5.41, 5.74) is 4.86. The molecule has 0 spiro atoms. The maximum atomic E-state index is 12.4. The van der Waals surface area contributed by atoms with Gasteiger partial charge in [-0.05, 0) is 37.3 Å². The lowest BCUT2D eigenvalue weighted by Crippen LogP contribution is -2.53. The Morgan fingerprint density at radius 3 is 2.50 bits per heavy atom. The molecule has 1 aromatic heterocycles. The largest absolute Gasteiger partial charge is 0.392 e. The molecule has 0 unspecified atom stereocenters. The fourth-order valence-corrected chi connectivity index (χ4v) is 4.41. The average molecular weight is 434 g/mol. The van der Waals surface area contributed by atoms with Gasteiger partial charge in [0.05, 0.1) is 17.4 Å². The Labute approximate surface area is 187 Å². The Kier molecular flexibility index (Phi) is 6.37. The normalized spacial score (nSPS) is 16.3. The number of pyridine rings is 1. The molecule has 1 aromatic carbocycles. The second-order valence-electron chi connectivity index (χ2n) is 8.29. The topological polar surface area (TPSA) is 110 Å². The van der Waals surface area contributed by atoms with Gasteiger partial charge in [0.25, 0.3) is 0 Å². The third kappa shape index (κ3) is 4.30. The Morgan fingerprint density at radius 1 is 1.16 bits per heavy atom. The minimum Gasteiger partial charge on any atom is -0.392 e. The second kappa shape index (κ2) is 9.37. The molecule has 1 aliphatic heterocycles. The molecule has 0 radical (unpaired) electrons. The standard InChI is InChI=1S/C24H27N5O3/c1-16(30)15-26-23(31)24(32)29-12-10-28(11-13-29)22-20(14-25)18-8-5-9-19(18)21(27-22)17-6-3-2-4-7-17/h2-4,6-7,16,30H,5,8-13,15H2,1H3,(H,26,31)/t16-/m0/s1. The van der Waals surface area contributed by atoms with Crippen molar-refractivity contribution in [1.29, 1.82) is 5.26 Å². The van der Waals surface area contributed by atoms with E-state index in [0.717, 1.165) is 36.1 Å². The van der Waals surface area contributed by atoms with Crippen LogP contribution in [0.15, 0.2) is 30.3 Å². The van der Waals surface area contributed by atoms with Crippen molar-refractivity contribution in [2.75, 3.05) is 37.6 Å². The maximum absolute atomic E-state index is 12.4. The van der Waals surface area contributed by atoms with Crippen LogP contribution in [0.3, 0.4) is 0 Å². The monoisotopic (exact) mass is 433 g/mol. The van der Waals surface area contributed by atoms with Crippen LogP contribution in [-0.2, 0) is 22.4 Å². The van der Waals surface area contributed by atoms with Crippen LogP contribution in [0, 0.1) is 11.3 Å². The van der Waals surface area contributed by atoms with Gasteiger partial charge in [-0.15, -0.1) is 0 Å². The number of anilines is 1. The predicted molar refractivity (Wildman–Crippen MR) is 120 cm³/mol. The lowest BCUT2D eigenvalue weighted by molar-refractivity contribution is -0.146. The molecule has 1 atom stereocenters. The molecule has 8 heteroatoms. The Morgan fingerprint density at radius 2 is 1.84 bits per heavy atom. The van der Waals surface area contributed by atoms with Gasteiger partial charge in [-0.25, -0.2) is 4.98 Å². The molecule has 2 aliphatic rings. The molecule has 2 amide bonds. The van der Waals surface area contributed by atoms with Crippen molar-refractivity contribution in [3.05, 3.63) is 47.0 Å². The summed E-state index contributed by atoms with van der Waals surface area (Å²) in [4.78, 5) is 33.0. The highest BCUT2D eigenvalue weighted by atomic mass is 16.3. The maximum Gasteiger partial charge on any atom is 0.312 e.